The van der Waals surface area contributed by atoms with Gasteiger partial charge >= 0.3 is 0 Å². The molecular formula is C17H17N3O4S2. The van der Waals surface area contributed by atoms with Crippen molar-refractivity contribution in [3.63, 3.8) is 0 Å². The van der Waals surface area contributed by atoms with E-state index in [-0.39, 0.29) is 29.5 Å². The highest BCUT2D eigenvalue weighted by atomic mass is 32.2. The number of nitrogens with zero attached hydrogens (tertiary/aromatic N) is 1. The van der Waals surface area contributed by atoms with Gasteiger partial charge in [0.2, 0.25) is 15.9 Å². The molecular weight excluding hydrogens is 374 g/mol. The van der Waals surface area contributed by atoms with E-state index in [9.17, 15) is 13.2 Å². The van der Waals surface area contributed by atoms with Crippen molar-refractivity contribution in [1.29, 1.82) is 0 Å². The summed E-state index contributed by atoms with van der Waals surface area (Å²) in [5.74, 6) is 0.113. The molecule has 0 radical (unpaired) electrons. The van der Waals surface area contributed by atoms with Gasteiger partial charge in [0.1, 0.15) is 6.26 Å². The zero-order chi connectivity index (χ0) is 18.6. The molecule has 7 nitrogen and oxygen atoms in total. The van der Waals surface area contributed by atoms with Gasteiger partial charge in [0, 0.05) is 12.1 Å². The van der Waals surface area contributed by atoms with Gasteiger partial charge in [-0.05, 0) is 29.6 Å². The smallest absolute Gasteiger partial charge is 0.251 e. The Bertz CT molecular complexity index is 995. The van der Waals surface area contributed by atoms with E-state index in [0.29, 0.717) is 11.6 Å². The second-order valence-corrected chi connectivity index (χ2v) is 8.05. The summed E-state index contributed by atoms with van der Waals surface area (Å²) in [4.78, 5) is 17.6. The lowest BCUT2D eigenvalue weighted by molar-refractivity contribution is 0.0950. The summed E-state index contributed by atoms with van der Waals surface area (Å²) < 4.78 is 31.9. The summed E-state index contributed by atoms with van der Waals surface area (Å²) in [5.41, 5.74) is 0.837. The fourth-order valence-electron chi connectivity index (χ4n) is 2.25. The Labute approximate surface area is 155 Å². The van der Waals surface area contributed by atoms with E-state index in [1.165, 1.54) is 35.8 Å². The van der Waals surface area contributed by atoms with Crippen molar-refractivity contribution in [3.8, 4) is 10.8 Å². The third kappa shape index (κ3) is 4.18. The van der Waals surface area contributed by atoms with Crippen LogP contribution in [-0.4, -0.2) is 25.9 Å². The van der Waals surface area contributed by atoms with E-state index < -0.39 is 10.0 Å². The van der Waals surface area contributed by atoms with Crippen molar-refractivity contribution >= 4 is 27.3 Å². The number of carbonyl (C=O) groups is 1. The Morgan fingerprint density at radius 3 is 2.85 bits per heavy atom. The molecule has 3 aromatic rings. The first-order valence-corrected chi connectivity index (χ1v) is 10.2. The summed E-state index contributed by atoms with van der Waals surface area (Å²) >= 11 is 1.51. The summed E-state index contributed by atoms with van der Waals surface area (Å²) in [6.45, 7) is 2.14. The fourth-order valence-corrected chi connectivity index (χ4v) is 3.99. The van der Waals surface area contributed by atoms with Crippen LogP contribution in [0.15, 0.2) is 57.4 Å². The maximum atomic E-state index is 12.3. The molecule has 2 aromatic heterocycles. The van der Waals surface area contributed by atoms with Crippen molar-refractivity contribution in [1.82, 2.24) is 15.0 Å². The highest BCUT2D eigenvalue weighted by Gasteiger charge is 2.15. The molecule has 3 rings (SSSR count). The number of amides is 1. The minimum Gasteiger partial charge on any atom is -0.443 e. The maximum Gasteiger partial charge on any atom is 0.251 e. The first kappa shape index (κ1) is 18.3. The Kier molecular flexibility index (Phi) is 5.50. The number of rotatable bonds is 7. The molecule has 0 spiro atoms. The van der Waals surface area contributed by atoms with Gasteiger partial charge in [-0.1, -0.05) is 19.1 Å². The predicted molar refractivity (Wildman–Crippen MR) is 98.3 cm³/mol. The van der Waals surface area contributed by atoms with Crippen LogP contribution in [0.1, 0.15) is 23.0 Å². The van der Waals surface area contributed by atoms with Gasteiger partial charge in [0.15, 0.2) is 0 Å². The molecule has 2 heterocycles. The molecule has 0 fully saturated rings. The van der Waals surface area contributed by atoms with Gasteiger partial charge in [-0.3, -0.25) is 4.79 Å². The molecule has 0 atom stereocenters. The minimum absolute atomic E-state index is 0.0495. The number of benzene rings is 1. The van der Waals surface area contributed by atoms with Gasteiger partial charge in [-0.15, -0.1) is 11.3 Å². The number of nitrogens with one attached hydrogen (secondary N) is 2. The standard InChI is InChI=1S/C17H17N3O4S2/c1-2-19-26(22,23)14-6-3-5-12(9-14)16(21)18-10-13-11-24-17(20-13)15-7-4-8-25-15/h3-9,11,19H,2,10H2,1H3,(H,18,21). The molecule has 0 bridgehead atoms. The lowest BCUT2D eigenvalue weighted by atomic mass is 10.2. The van der Waals surface area contributed by atoms with Crippen LogP contribution in [0, 0.1) is 0 Å². The lowest BCUT2D eigenvalue weighted by Gasteiger charge is -2.07. The van der Waals surface area contributed by atoms with Crippen molar-refractivity contribution in [2.24, 2.45) is 0 Å². The lowest BCUT2D eigenvalue weighted by Crippen LogP contribution is -2.25. The minimum atomic E-state index is -3.61. The van der Waals surface area contributed by atoms with Crippen molar-refractivity contribution in [2.45, 2.75) is 18.4 Å². The summed E-state index contributed by atoms with van der Waals surface area (Å²) in [5, 5.41) is 4.64. The zero-order valence-corrected chi connectivity index (χ0v) is 15.6. The molecule has 1 aromatic carbocycles. The molecule has 0 saturated heterocycles. The number of aromatic nitrogens is 1. The van der Waals surface area contributed by atoms with Crippen LogP contribution in [-0.2, 0) is 16.6 Å². The van der Waals surface area contributed by atoms with Crippen LogP contribution in [0.2, 0.25) is 0 Å². The molecule has 0 aliphatic carbocycles. The van der Waals surface area contributed by atoms with E-state index in [1.807, 2.05) is 17.5 Å². The zero-order valence-electron chi connectivity index (χ0n) is 13.9. The topological polar surface area (TPSA) is 101 Å². The quantitative estimate of drug-likeness (QED) is 0.645. The van der Waals surface area contributed by atoms with Gasteiger partial charge in [0.05, 0.1) is 22.0 Å². The van der Waals surface area contributed by atoms with E-state index in [2.05, 4.69) is 15.0 Å². The summed E-state index contributed by atoms with van der Waals surface area (Å²) in [6, 6.07) is 9.67. The second-order valence-electron chi connectivity index (χ2n) is 5.33. The Balaban J connectivity index is 1.67. The average Bonchev–Trinajstić information content (AvgIpc) is 3.31. The number of hydrogen-bond donors (Lipinski definition) is 2. The number of oxazole rings is 1. The molecule has 136 valence electrons. The Morgan fingerprint density at radius 1 is 1.27 bits per heavy atom. The van der Waals surface area contributed by atoms with Crippen LogP contribution < -0.4 is 10.0 Å². The molecule has 9 heteroatoms. The van der Waals surface area contributed by atoms with E-state index >= 15 is 0 Å². The molecule has 26 heavy (non-hydrogen) atoms. The molecule has 0 saturated carbocycles. The van der Waals surface area contributed by atoms with E-state index in [0.717, 1.165) is 4.88 Å². The maximum absolute atomic E-state index is 12.3. The summed E-state index contributed by atoms with van der Waals surface area (Å²) in [6.07, 6.45) is 1.49. The second kappa shape index (κ2) is 7.81. The van der Waals surface area contributed by atoms with Crippen LogP contribution in [0.4, 0.5) is 0 Å². The number of thiophene rings is 1. The molecule has 0 aliphatic heterocycles. The van der Waals surface area contributed by atoms with Crippen molar-refractivity contribution in [2.75, 3.05) is 6.54 Å². The molecule has 0 unspecified atom stereocenters. The number of sulfonamides is 1. The molecule has 1 amide bonds. The highest BCUT2D eigenvalue weighted by Crippen LogP contribution is 2.23. The monoisotopic (exact) mass is 391 g/mol. The first-order chi connectivity index (χ1) is 12.5. The Morgan fingerprint density at radius 2 is 2.12 bits per heavy atom. The normalized spacial score (nSPS) is 11.4. The van der Waals surface area contributed by atoms with Gasteiger partial charge in [0.25, 0.3) is 5.91 Å². The van der Waals surface area contributed by atoms with Crippen molar-refractivity contribution < 1.29 is 17.6 Å². The fraction of sp³-hybridized carbons (Fsp3) is 0.176. The summed E-state index contributed by atoms with van der Waals surface area (Å²) in [7, 11) is -3.61. The average molecular weight is 391 g/mol. The van der Waals surface area contributed by atoms with Crippen LogP contribution >= 0.6 is 11.3 Å². The number of carbonyl (C=O) groups excluding carboxylic acids is 1. The van der Waals surface area contributed by atoms with Crippen LogP contribution in [0.25, 0.3) is 10.8 Å². The van der Waals surface area contributed by atoms with E-state index in [4.69, 9.17) is 4.42 Å². The highest BCUT2D eigenvalue weighted by molar-refractivity contribution is 7.89. The SMILES string of the molecule is CCNS(=O)(=O)c1cccc(C(=O)NCc2coc(-c3cccs3)n2)c1. The predicted octanol–water partition coefficient (Wildman–Crippen LogP) is 2.63. The number of hydrogen-bond acceptors (Lipinski definition) is 6. The van der Waals surface area contributed by atoms with Gasteiger partial charge in [-0.2, -0.15) is 0 Å². The van der Waals surface area contributed by atoms with Gasteiger partial charge < -0.3 is 9.73 Å². The van der Waals surface area contributed by atoms with Gasteiger partial charge in [-0.25, -0.2) is 18.1 Å². The Hall–Kier alpha value is -2.49. The largest absolute Gasteiger partial charge is 0.443 e. The van der Waals surface area contributed by atoms with Crippen LogP contribution in [0.5, 0.6) is 0 Å². The molecule has 2 N–H and O–H groups in total. The first-order valence-electron chi connectivity index (χ1n) is 7.86. The third-order valence-electron chi connectivity index (χ3n) is 3.45. The third-order valence-corrected chi connectivity index (χ3v) is 5.86. The van der Waals surface area contributed by atoms with E-state index in [1.54, 1.807) is 13.0 Å². The van der Waals surface area contributed by atoms with Crippen LogP contribution in [0.3, 0.4) is 0 Å². The van der Waals surface area contributed by atoms with Crippen molar-refractivity contribution in [3.05, 3.63) is 59.3 Å². The molecule has 0 aliphatic rings.